The molecule has 2 aliphatic rings. The van der Waals surface area contributed by atoms with E-state index in [-0.39, 0.29) is 17.3 Å². The summed E-state index contributed by atoms with van der Waals surface area (Å²) in [4.78, 5) is 13.1. The van der Waals surface area contributed by atoms with Crippen LogP contribution in [0.5, 0.6) is 0 Å². The topological polar surface area (TPSA) is 41.1 Å². The molecule has 3 nitrogen and oxygen atoms in total. The minimum Gasteiger partial charge on any atom is -0.317 e. The van der Waals surface area contributed by atoms with Crippen molar-refractivity contribution in [2.75, 3.05) is 26.2 Å². The minimum atomic E-state index is -0.362. The molecule has 0 radical (unpaired) electrons. The first-order valence-electron chi connectivity index (χ1n) is 7.93. The summed E-state index contributed by atoms with van der Waals surface area (Å²) >= 11 is 12.2. The van der Waals surface area contributed by atoms with Crippen molar-refractivity contribution in [2.45, 2.75) is 25.7 Å². The zero-order chi connectivity index (χ0) is 15.7. The lowest BCUT2D eigenvalue weighted by molar-refractivity contribution is -0.132. The predicted octanol–water partition coefficient (Wildman–Crippen LogP) is 3.26. The summed E-state index contributed by atoms with van der Waals surface area (Å²) in [5, 5.41) is 7.85. The number of nitrogens with one attached hydrogen (secondary N) is 2. The van der Waals surface area contributed by atoms with Gasteiger partial charge in [0.05, 0.1) is 10.0 Å². The van der Waals surface area contributed by atoms with E-state index in [4.69, 9.17) is 23.2 Å². The zero-order valence-electron chi connectivity index (χ0n) is 12.8. The SMILES string of the molecule is C[C@]1(C(=O)C2CCNCC2)CNC[C@H]1c1ccc(Cl)c(Cl)c1. The van der Waals surface area contributed by atoms with Gasteiger partial charge in [0, 0.05) is 30.3 Å². The summed E-state index contributed by atoms with van der Waals surface area (Å²) in [6, 6.07) is 5.74. The summed E-state index contributed by atoms with van der Waals surface area (Å²) in [5.74, 6) is 0.733. The quantitative estimate of drug-likeness (QED) is 0.887. The number of benzene rings is 1. The molecule has 120 valence electrons. The van der Waals surface area contributed by atoms with E-state index in [1.165, 1.54) is 0 Å². The number of ketones is 1. The molecule has 1 aromatic carbocycles. The molecule has 5 heteroatoms. The van der Waals surface area contributed by atoms with Gasteiger partial charge in [-0.3, -0.25) is 4.79 Å². The van der Waals surface area contributed by atoms with Crippen LogP contribution in [-0.4, -0.2) is 32.0 Å². The molecule has 1 aromatic rings. The number of halogens is 2. The molecule has 0 aliphatic carbocycles. The van der Waals surface area contributed by atoms with Crippen molar-refractivity contribution in [1.29, 1.82) is 0 Å². The summed E-state index contributed by atoms with van der Waals surface area (Å²) in [6.07, 6.45) is 1.89. The lowest BCUT2D eigenvalue weighted by Crippen LogP contribution is -2.42. The maximum absolute atomic E-state index is 13.1. The largest absolute Gasteiger partial charge is 0.317 e. The normalized spacial score (nSPS) is 29.7. The molecule has 0 spiro atoms. The third kappa shape index (κ3) is 2.92. The third-order valence-corrected chi connectivity index (χ3v) is 5.97. The highest BCUT2D eigenvalue weighted by molar-refractivity contribution is 6.42. The van der Waals surface area contributed by atoms with Crippen molar-refractivity contribution in [2.24, 2.45) is 11.3 Å². The fourth-order valence-electron chi connectivity index (χ4n) is 3.85. The van der Waals surface area contributed by atoms with Crippen LogP contribution in [0.15, 0.2) is 18.2 Å². The molecule has 0 saturated carbocycles. The maximum Gasteiger partial charge on any atom is 0.143 e. The molecule has 22 heavy (non-hydrogen) atoms. The number of hydrogen-bond donors (Lipinski definition) is 2. The number of piperidine rings is 1. The number of Topliss-reactive ketones (excluding diaryl/α,β-unsaturated/α-hetero) is 1. The van der Waals surface area contributed by atoms with Crippen LogP contribution in [0.1, 0.15) is 31.2 Å². The number of hydrogen-bond acceptors (Lipinski definition) is 3. The Bertz CT molecular complexity index is 572. The highest BCUT2D eigenvalue weighted by atomic mass is 35.5. The van der Waals surface area contributed by atoms with E-state index in [1.54, 1.807) is 0 Å². The van der Waals surface area contributed by atoms with Gasteiger partial charge in [0.2, 0.25) is 0 Å². The molecule has 2 heterocycles. The molecular formula is C17H22Cl2N2O. The molecule has 2 atom stereocenters. The highest BCUT2D eigenvalue weighted by Crippen LogP contribution is 2.43. The van der Waals surface area contributed by atoms with Crippen LogP contribution >= 0.6 is 23.2 Å². The molecule has 0 aromatic heterocycles. The average Bonchev–Trinajstić information content (AvgIpc) is 2.93. The van der Waals surface area contributed by atoms with Crippen LogP contribution < -0.4 is 10.6 Å². The molecule has 2 saturated heterocycles. The van der Waals surface area contributed by atoms with Gasteiger partial charge in [-0.2, -0.15) is 0 Å². The molecular weight excluding hydrogens is 319 g/mol. The van der Waals surface area contributed by atoms with Gasteiger partial charge < -0.3 is 10.6 Å². The first-order valence-corrected chi connectivity index (χ1v) is 8.68. The van der Waals surface area contributed by atoms with Crippen molar-refractivity contribution in [3.63, 3.8) is 0 Å². The van der Waals surface area contributed by atoms with E-state index in [1.807, 2.05) is 18.2 Å². The van der Waals surface area contributed by atoms with Gasteiger partial charge in [-0.25, -0.2) is 0 Å². The van der Waals surface area contributed by atoms with E-state index in [0.717, 1.165) is 44.6 Å². The summed E-state index contributed by atoms with van der Waals surface area (Å²) in [5.41, 5.74) is 0.739. The molecule has 2 aliphatic heterocycles. The van der Waals surface area contributed by atoms with Gasteiger partial charge in [-0.15, -0.1) is 0 Å². The van der Waals surface area contributed by atoms with Crippen LogP contribution in [0.3, 0.4) is 0 Å². The standard InChI is InChI=1S/C17H22Cl2N2O/c1-17(16(22)11-4-6-20-7-5-11)10-21-9-13(17)12-2-3-14(18)15(19)8-12/h2-3,8,11,13,20-21H,4-7,9-10H2,1H3/t13-,17-/m0/s1. The molecule has 0 unspecified atom stereocenters. The molecule has 3 rings (SSSR count). The van der Waals surface area contributed by atoms with Gasteiger partial charge in [-0.1, -0.05) is 36.2 Å². The van der Waals surface area contributed by atoms with Crippen molar-refractivity contribution in [1.82, 2.24) is 10.6 Å². The van der Waals surface area contributed by atoms with Crippen LogP contribution in [-0.2, 0) is 4.79 Å². The first kappa shape index (κ1) is 16.3. The fraction of sp³-hybridized carbons (Fsp3) is 0.588. The first-order chi connectivity index (χ1) is 10.5. The van der Waals surface area contributed by atoms with Gasteiger partial charge >= 0.3 is 0 Å². The molecule has 0 amide bonds. The van der Waals surface area contributed by atoms with Crippen molar-refractivity contribution in [3.8, 4) is 0 Å². The van der Waals surface area contributed by atoms with Crippen LogP contribution in [0.2, 0.25) is 10.0 Å². The lowest BCUT2D eigenvalue weighted by atomic mass is 9.68. The predicted molar refractivity (Wildman–Crippen MR) is 90.8 cm³/mol. The smallest absolute Gasteiger partial charge is 0.143 e. The Morgan fingerprint density at radius 1 is 1.18 bits per heavy atom. The van der Waals surface area contributed by atoms with E-state index in [2.05, 4.69) is 17.6 Å². The number of carbonyl (C=O) groups excluding carboxylic acids is 1. The second-order valence-corrected chi connectivity index (χ2v) is 7.48. The average molecular weight is 341 g/mol. The zero-order valence-corrected chi connectivity index (χ0v) is 14.3. The number of rotatable bonds is 3. The maximum atomic E-state index is 13.1. The second kappa shape index (κ2) is 6.48. The Kier molecular flexibility index (Phi) is 4.79. The minimum absolute atomic E-state index is 0.157. The van der Waals surface area contributed by atoms with Crippen LogP contribution in [0.4, 0.5) is 0 Å². The Balaban J connectivity index is 1.87. The van der Waals surface area contributed by atoms with Crippen molar-refractivity contribution >= 4 is 29.0 Å². The van der Waals surface area contributed by atoms with Gasteiger partial charge in [0.25, 0.3) is 0 Å². The van der Waals surface area contributed by atoms with Gasteiger partial charge in [0.1, 0.15) is 5.78 Å². The molecule has 2 N–H and O–H groups in total. The fourth-order valence-corrected chi connectivity index (χ4v) is 4.16. The molecule has 2 fully saturated rings. The van der Waals surface area contributed by atoms with Crippen LogP contribution in [0, 0.1) is 11.3 Å². The Labute approximate surface area is 141 Å². The number of carbonyl (C=O) groups is 1. The van der Waals surface area contributed by atoms with Gasteiger partial charge in [-0.05, 0) is 43.6 Å². The lowest BCUT2D eigenvalue weighted by Gasteiger charge is -2.34. The Hall–Kier alpha value is -0.610. The van der Waals surface area contributed by atoms with E-state index < -0.39 is 0 Å². The monoisotopic (exact) mass is 340 g/mol. The Morgan fingerprint density at radius 2 is 1.91 bits per heavy atom. The van der Waals surface area contributed by atoms with E-state index in [9.17, 15) is 4.79 Å². The van der Waals surface area contributed by atoms with Crippen molar-refractivity contribution in [3.05, 3.63) is 33.8 Å². The summed E-state index contributed by atoms with van der Waals surface area (Å²) < 4.78 is 0. The highest BCUT2D eigenvalue weighted by Gasteiger charge is 2.47. The Morgan fingerprint density at radius 3 is 2.59 bits per heavy atom. The van der Waals surface area contributed by atoms with E-state index >= 15 is 0 Å². The van der Waals surface area contributed by atoms with Crippen molar-refractivity contribution < 1.29 is 4.79 Å². The van der Waals surface area contributed by atoms with E-state index in [0.29, 0.717) is 15.8 Å². The second-order valence-electron chi connectivity index (χ2n) is 6.66. The molecule has 0 bridgehead atoms. The summed E-state index contributed by atoms with van der Waals surface area (Å²) in [6.45, 7) is 5.53. The third-order valence-electron chi connectivity index (χ3n) is 5.23. The van der Waals surface area contributed by atoms with Crippen LogP contribution in [0.25, 0.3) is 0 Å². The summed E-state index contributed by atoms with van der Waals surface area (Å²) in [7, 11) is 0. The van der Waals surface area contributed by atoms with Gasteiger partial charge in [0.15, 0.2) is 0 Å².